The largest absolute Gasteiger partial charge is 0.317 e. The van der Waals surface area contributed by atoms with E-state index in [0.29, 0.717) is 13.4 Å². The van der Waals surface area contributed by atoms with Gasteiger partial charge in [0.2, 0.25) is 0 Å². The fourth-order valence-electron chi connectivity index (χ4n) is 1.53. The van der Waals surface area contributed by atoms with E-state index in [2.05, 4.69) is 21.0 Å². The molecule has 0 rings (SSSR count). The third-order valence-electron chi connectivity index (χ3n) is 2.42. The summed E-state index contributed by atoms with van der Waals surface area (Å²) in [5, 5.41) is 1.44. The zero-order valence-electron chi connectivity index (χ0n) is 9.03. The maximum Gasteiger partial charge on any atom is 0.317 e. The molecule has 0 fully saturated rings. The summed E-state index contributed by atoms with van der Waals surface area (Å²) in [6.45, 7) is 2.28. The molecule has 0 atom stereocenters. The van der Waals surface area contributed by atoms with Crippen LogP contribution < -0.4 is 0 Å². The molecule has 0 spiro atoms. The first-order chi connectivity index (χ1) is 6.41. The van der Waals surface area contributed by atoms with Crippen LogP contribution in [0.3, 0.4) is 0 Å². The highest BCUT2D eigenvalue weighted by atomic mass is 79.9. The van der Waals surface area contributed by atoms with Gasteiger partial charge in [-0.15, -0.1) is 0 Å². The van der Waals surface area contributed by atoms with E-state index in [4.69, 9.17) is 0 Å². The van der Waals surface area contributed by atoms with Crippen molar-refractivity contribution < 1.29 is 0 Å². The zero-order valence-corrected chi connectivity index (χ0v) is 11.8. The summed E-state index contributed by atoms with van der Waals surface area (Å²) in [7, 11) is 0. The van der Waals surface area contributed by atoms with Crippen molar-refractivity contribution in [3.8, 4) is 0 Å². The fourth-order valence-corrected chi connectivity index (χ4v) is 2.95. The smallest absolute Gasteiger partial charge is 0.233 e. The Hall–Kier alpha value is 1.01. The second-order valence-electron chi connectivity index (χ2n) is 3.77. The Kier molecular flexibility index (Phi) is 14.0. The molecule has 13 heavy (non-hydrogen) atoms. The fraction of sp³-hybridized carbons (Fsp3) is 1.00. The second kappa shape index (κ2) is 13.0. The third-order valence-corrected chi connectivity index (χ3v) is 4.42. The molecule has 0 aromatic heterocycles. The van der Waals surface area contributed by atoms with Gasteiger partial charge >= 0.3 is 13.4 Å². The topological polar surface area (TPSA) is 0 Å². The van der Waals surface area contributed by atoms with Gasteiger partial charge in [-0.2, -0.15) is 0 Å². The minimum absolute atomic E-state index is 0.579. The molecule has 0 saturated carbocycles. The van der Waals surface area contributed by atoms with Crippen molar-refractivity contribution in [1.82, 2.24) is 0 Å². The Balaban J connectivity index is 2.76. The van der Waals surface area contributed by atoms with Gasteiger partial charge in [-0.1, -0.05) is 70.0 Å². The van der Waals surface area contributed by atoms with E-state index < -0.39 is 0 Å². The molecular formula is C11H23AlBr. The molecule has 0 bridgehead atoms. The lowest BCUT2D eigenvalue weighted by molar-refractivity contribution is 0.572. The van der Waals surface area contributed by atoms with Crippen LogP contribution in [0.1, 0.15) is 64.7 Å². The van der Waals surface area contributed by atoms with E-state index in [1.54, 1.807) is 0 Å². The monoisotopic (exact) mass is 261 g/mol. The molecule has 0 nitrogen and oxygen atoms in total. The minimum atomic E-state index is 0.579. The van der Waals surface area contributed by atoms with Crippen LogP contribution >= 0.6 is 14.1 Å². The number of hydrogen-bond donors (Lipinski definition) is 0. The maximum atomic E-state index is 3.54. The lowest BCUT2D eigenvalue weighted by Crippen LogP contribution is -1.82. The molecule has 1 radical (unpaired) electrons. The van der Waals surface area contributed by atoms with Gasteiger partial charge in [-0.25, -0.2) is 14.1 Å². The molecule has 0 heterocycles. The van der Waals surface area contributed by atoms with E-state index in [0.717, 1.165) is 0 Å². The van der Waals surface area contributed by atoms with Crippen molar-refractivity contribution in [2.45, 2.75) is 70.0 Å². The minimum Gasteiger partial charge on any atom is -0.233 e. The SMILES string of the molecule is CCCCCCCCCC[CH2][Al][Br]. The average molecular weight is 262 g/mol. The molecule has 77 valence electrons. The van der Waals surface area contributed by atoms with E-state index in [9.17, 15) is 0 Å². The summed E-state index contributed by atoms with van der Waals surface area (Å²) < 4.78 is 0. The van der Waals surface area contributed by atoms with Crippen molar-refractivity contribution in [2.75, 3.05) is 0 Å². The lowest BCUT2D eigenvalue weighted by atomic mass is 10.1. The van der Waals surface area contributed by atoms with Crippen LogP contribution in [0.4, 0.5) is 0 Å². The lowest BCUT2D eigenvalue weighted by Gasteiger charge is -2.00. The number of rotatable bonds is 10. The first-order valence-corrected chi connectivity index (χ1v) is 9.83. The number of unbranched alkanes of at least 4 members (excludes halogenated alkanes) is 8. The first-order valence-electron chi connectivity index (χ1n) is 5.83. The average Bonchev–Trinajstić information content (AvgIpc) is 2.16. The summed E-state index contributed by atoms with van der Waals surface area (Å²) in [4.78, 5) is 0. The van der Waals surface area contributed by atoms with Gasteiger partial charge in [0.05, 0.1) is 0 Å². The molecule has 0 amide bonds. The molecule has 0 aliphatic carbocycles. The quantitative estimate of drug-likeness (QED) is 0.386. The number of hydrogen-bond acceptors (Lipinski definition) is 0. The van der Waals surface area contributed by atoms with E-state index >= 15 is 0 Å². The van der Waals surface area contributed by atoms with Crippen molar-refractivity contribution in [3.63, 3.8) is 0 Å². The Morgan fingerprint density at radius 3 is 1.69 bits per heavy atom. The number of halogens is 1. The molecular weight excluding hydrogens is 239 g/mol. The molecule has 0 N–H and O–H groups in total. The van der Waals surface area contributed by atoms with Crippen LogP contribution in [-0.4, -0.2) is 13.4 Å². The highest BCUT2D eigenvalue weighted by Gasteiger charge is 1.92. The van der Waals surface area contributed by atoms with E-state index in [-0.39, 0.29) is 0 Å². The standard InChI is InChI=1S/C11H23.Al.BrH/c1-3-5-7-9-11-10-8-6-4-2;;/h1,3-11H2,2H3;;1H/q;+1;/p-1. The van der Waals surface area contributed by atoms with Gasteiger partial charge in [-0.05, 0) is 0 Å². The predicted octanol–water partition coefficient (Wildman–Crippen LogP) is 4.95. The Bertz CT molecular complexity index is 76.2. The Labute approximate surface area is 97.2 Å². The summed E-state index contributed by atoms with van der Waals surface area (Å²) in [6.07, 6.45) is 13.1. The first kappa shape index (κ1) is 14.0. The van der Waals surface area contributed by atoms with Gasteiger partial charge in [0.15, 0.2) is 0 Å². The predicted molar refractivity (Wildman–Crippen MR) is 66.7 cm³/mol. The van der Waals surface area contributed by atoms with Gasteiger partial charge in [0.1, 0.15) is 0 Å². The van der Waals surface area contributed by atoms with Gasteiger partial charge in [-0.3, -0.25) is 0 Å². The van der Waals surface area contributed by atoms with Crippen LogP contribution in [0, 0.1) is 0 Å². The van der Waals surface area contributed by atoms with Crippen molar-refractivity contribution in [3.05, 3.63) is 0 Å². The highest BCUT2D eigenvalue weighted by Crippen LogP contribution is 2.10. The summed E-state index contributed by atoms with van der Waals surface area (Å²) in [6, 6.07) is 0. The van der Waals surface area contributed by atoms with Gasteiger partial charge in [0, 0.05) is 0 Å². The van der Waals surface area contributed by atoms with Crippen LogP contribution in [-0.2, 0) is 0 Å². The van der Waals surface area contributed by atoms with Crippen molar-refractivity contribution in [1.29, 1.82) is 0 Å². The van der Waals surface area contributed by atoms with Crippen molar-refractivity contribution >= 4 is 27.4 Å². The zero-order chi connectivity index (χ0) is 9.78. The second-order valence-corrected chi connectivity index (χ2v) is 6.60. The summed E-state index contributed by atoms with van der Waals surface area (Å²) in [5.74, 6) is 0. The van der Waals surface area contributed by atoms with Crippen LogP contribution in [0.2, 0.25) is 5.28 Å². The molecule has 0 aromatic rings. The van der Waals surface area contributed by atoms with E-state index in [1.807, 2.05) is 0 Å². The third kappa shape index (κ3) is 13.0. The summed E-state index contributed by atoms with van der Waals surface area (Å²) >= 11 is 4.12. The normalized spacial score (nSPS) is 10.3. The van der Waals surface area contributed by atoms with Crippen LogP contribution in [0.25, 0.3) is 0 Å². The van der Waals surface area contributed by atoms with Gasteiger partial charge in [0.25, 0.3) is 0 Å². The molecule has 0 saturated heterocycles. The Morgan fingerprint density at radius 1 is 0.769 bits per heavy atom. The molecule has 0 unspecified atom stereocenters. The Morgan fingerprint density at radius 2 is 1.23 bits per heavy atom. The highest BCUT2D eigenvalue weighted by molar-refractivity contribution is 9.23. The van der Waals surface area contributed by atoms with Crippen LogP contribution in [0.5, 0.6) is 0 Å². The van der Waals surface area contributed by atoms with E-state index in [1.165, 1.54) is 63.1 Å². The molecule has 0 aliphatic rings. The molecule has 0 aromatic carbocycles. The van der Waals surface area contributed by atoms with Crippen LogP contribution in [0.15, 0.2) is 0 Å². The molecule has 0 aliphatic heterocycles. The summed E-state index contributed by atoms with van der Waals surface area (Å²) in [5.41, 5.74) is 0. The van der Waals surface area contributed by atoms with Gasteiger partial charge < -0.3 is 0 Å². The van der Waals surface area contributed by atoms with Crippen molar-refractivity contribution in [2.24, 2.45) is 0 Å². The maximum absolute atomic E-state index is 3.54. The molecule has 2 heteroatoms.